The molecule has 1 rings (SSSR count). The maximum Gasteiger partial charge on any atom is 0.166 e. The quantitative estimate of drug-likeness (QED) is 0.613. The maximum absolute atomic E-state index is 9.05. The van der Waals surface area contributed by atoms with E-state index in [0.717, 1.165) is 26.0 Å². The van der Waals surface area contributed by atoms with Crippen LogP contribution in [0.15, 0.2) is 0 Å². The molecule has 1 fully saturated rings. The number of nitrogens with one attached hydrogen (secondary N) is 2. The van der Waals surface area contributed by atoms with Crippen LogP contribution in [0.5, 0.6) is 0 Å². The first-order valence-electron chi connectivity index (χ1n) is 5.32. The van der Waals surface area contributed by atoms with Crippen LogP contribution in [0.2, 0.25) is 0 Å². The van der Waals surface area contributed by atoms with Gasteiger partial charge in [0.25, 0.3) is 0 Å². The van der Waals surface area contributed by atoms with Gasteiger partial charge in [0.2, 0.25) is 0 Å². The standard InChI is InChI=1S/C10H20N2O2S/c1-10(2,7-13)12-9(15)11-6-8-4-3-5-14-8/h8,13H,3-7H2,1-2H3,(H2,11,12,15). The van der Waals surface area contributed by atoms with Gasteiger partial charge in [-0.15, -0.1) is 0 Å². The Kier molecular flexibility index (Phi) is 4.76. The van der Waals surface area contributed by atoms with Crippen LogP contribution < -0.4 is 10.6 Å². The molecule has 1 unspecified atom stereocenters. The zero-order valence-corrected chi connectivity index (χ0v) is 10.2. The summed E-state index contributed by atoms with van der Waals surface area (Å²) in [5, 5.41) is 15.8. The van der Waals surface area contributed by atoms with Gasteiger partial charge in [-0.3, -0.25) is 0 Å². The molecule has 0 bridgehead atoms. The van der Waals surface area contributed by atoms with Gasteiger partial charge in [0.05, 0.1) is 18.2 Å². The van der Waals surface area contributed by atoms with Crippen molar-refractivity contribution in [2.24, 2.45) is 0 Å². The van der Waals surface area contributed by atoms with Crippen LogP contribution in [0.4, 0.5) is 0 Å². The van der Waals surface area contributed by atoms with Crippen molar-refractivity contribution in [3.05, 3.63) is 0 Å². The van der Waals surface area contributed by atoms with Crippen LogP contribution in [0.3, 0.4) is 0 Å². The van der Waals surface area contributed by atoms with Crippen molar-refractivity contribution in [2.75, 3.05) is 19.8 Å². The van der Waals surface area contributed by atoms with Crippen LogP contribution in [0.25, 0.3) is 0 Å². The third-order valence-corrected chi connectivity index (χ3v) is 2.61. The fraction of sp³-hybridized carbons (Fsp3) is 0.900. The monoisotopic (exact) mass is 232 g/mol. The predicted octanol–water partition coefficient (Wildman–Crippen LogP) is 0.400. The summed E-state index contributed by atoms with van der Waals surface area (Å²) in [4.78, 5) is 0. The van der Waals surface area contributed by atoms with Gasteiger partial charge >= 0.3 is 0 Å². The van der Waals surface area contributed by atoms with Gasteiger partial charge in [-0.05, 0) is 38.9 Å². The molecular formula is C10H20N2O2S. The molecule has 0 aromatic rings. The molecule has 1 aliphatic rings. The van der Waals surface area contributed by atoms with Crippen molar-refractivity contribution in [3.63, 3.8) is 0 Å². The third-order valence-electron chi connectivity index (χ3n) is 2.36. The van der Waals surface area contributed by atoms with Crippen molar-refractivity contribution in [1.29, 1.82) is 0 Å². The molecule has 1 saturated heterocycles. The topological polar surface area (TPSA) is 53.5 Å². The second-order valence-corrected chi connectivity index (χ2v) is 4.92. The van der Waals surface area contributed by atoms with Crippen LogP contribution in [0, 0.1) is 0 Å². The Bertz CT molecular complexity index is 215. The summed E-state index contributed by atoms with van der Waals surface area (Å²) in [5.74, 6) is 0. The molecule has 0 aliphatic carbocycles. The molecule has 3 N–H and O–H groups in total. The number of hydrogen-bond donors (Lipinski definition) is 3. The fourth-order valence-electron chi connectivity index (χ4n) is 1.40. The van der Waals surface area contributed by atoms with Crippen molar-refractivity contribution in [1.82, 2.24) is 10.6 Å². The Morgan fingerprint density at radius 3 is 2.87 bits per heavy atom. The summed E-state index contributed by atoms with van der Waals surface area (Å²) in [6.07, 6.45) is 2.51. The Morgan fingerprint density at radius 2 is 2.33 bits per heavy atom. The lowest BCUT2D eigenvalue weighted by atomic mass is 10.1. The minimum atomic E-state index is -0.374. The lowest BCUT2D eigenvalue weighted by Gasteiger charge is -2.26. The van der Waals surface area contributed by atoms with E-state index in [-0.39, 0.29) is 18.2 Å². The summed E-state index contributed by atoms with van der Waals surface area (Å²) in [7, 11) is 0. The molecule has 1 aliphatic heterocycles. The number of hydrogen-bond acceptors (Lipinski definition) is 3. The molecule has 5 heteroatoms. The Balaban J connectivity index is 2.18. The zero-order valence-electron chi connectivity index (χ0n) is 9.38. The number of rotatable bonds is 4. The zero-order chi connectivity index (χ0) is 11.3. The molecule has 1 heterocycles. The normalized spacial score (nSPS) is 21.4. The average Bonchev–Trinajstić information content (AvgIpc) is 2.66. The predicted molar refractivity (Wildman–Crippen MR) is 63.9 cm³/mol. The van der Waals surface area contributed by atoms with Crippen LogP contribution >= 0.6 is 12.2 Å². The average molecular weight is 232 g/mol. The second kappa shape index (κ2) is 5.63. The number of thiocarbonyl (C=S) groups is 1. The molecule has 88 valence electrons. The molecule has 0 spiro atoms. The smallest absolute Gasteiger partial charge is 0.166 e. The van der Waals surface area contributed by atoms with E-state index in [1.807, 2.05) is 13.8 Å². The van der Waals surface area contributed by atoms with E-state index in [2.05, 4.69) is 10.6 Å². The molecule has 0 amide bonds. The molecular weight excluding hydrogens is 212 g/mol. The first-order valence-corrected chi connectivity index (χ1v) is 5.73. The summed E-state index contributed by atoms with van der Waals surface area (Å²) >= 11 is 5.11. The van der Waals surface area contributed by atoms with Crippen LogP contribution in [-0.2, 0) is 4.74 Å². The van der Waals surface area contributed by atoms with Crippen molar-refractivity contribution in [3.8, 4) is 0 Å². The SMILES string of the molecule is CC(C)(CO)NC(=S)NCC1CCCO1. The fourth-order valence-corrected chi connectivity index (χ4v) is 1.76. The first kappa shape index (κ1) is 12.7. The molecule has 15 heavy (non-hydrogen) atoms. The van der Waals surface area contributed by atoms with Crippen molar-refractivity contribution < 1.29 is 9.84 Å². The summed E-state index contributed by atoms with van der Waals surface area (Å²) in [6.45, 7) is 5.44. The first-order chi connectivity index (χ1) is 7.03. The molecule has 0 aromatic carbocycles. The van der Waals surface area contributed by atoms with Crippen LogP contribution in [-0.4, -0.2) is 41.6 Å². The van der Waals surface area contributed by atoms with E-state index in [1.165, 1.54) is 0 Å². The molecule has 0 saturated carbocycles. The van der Waals surface area contributed by atoms with Gasteiger partial charge < -0.3 is 20.5 Å². The van der Waals surface area contributed by atoms with Gasteiger partial charge in [0.15, 0.2) is 5.11 Å². The maximum atomic E-state index is 9.05. The van der Waals surface area contributed by atoms with Gasteiger partial charge in [0.1, 0.15) is 0 Å². The Hall–Kier alpha value is -0.390. The lowest BCUT2D eigenvalue weighted by molar-refractivity contribution is 0.113. The van der Waals surface area contributed by atoms with E-state index in [4.69, 9.17) is 22.1 Å². The number of ether oxygens (including phenoxy) is 1. The molecule has 1 atom stereocenters. The van der Waals surface area contributed by atoms with Crippen LogP contribution in [0.1, 0.15) is 26.7 Å². The highest BCUT2D eigenvalue weighted by atomic mass is 32.1. The summed E-state index contributed by atoms with van der Waals surface area (Å²) in [5.41, 5.74) is -0.374. The van der Waals surface area contributed by atoms with E-state index in [0.29, 0.717) is 5.11 Å². The molecule has 0 radical (unpaired) electrons. The Labute approximate surface area is 96.4 Å². The van der Waals surface area contributed by atoms with E-state index in [1.54, 1.807) is 0 Å². The highest BCUT2D eigenvalue weighted by molar-refractivity contribution is 7.80. The molecule has 4 nitrogen and oxygen atoms in total. The highest BCUT2D eigenvalue weighted by Gasteiger charge is 2.19. The Morgan fingerprint density at radius 1 is 1.60 bits per heavy atom. The van der Waals surface area contributed by atoms with E-state index < -0.39 is 0 Å². The minimum absolute atomic E-state index is 0.0503. The lowest BCUT2D eigenvalue weighted by Crippen LogP contribution is -2.51. The second-order valence-electron chi connectivity index (χ2n) is 4.51. The van der Waals surface area contributed by atoms with Crippen molar-refractivity contribution in [2.45, 2.75) is 38.3 Å². The van der Waals surface area contributed by atoms with Gasteiger partial charge in [-0.25, -0.2) is 0 Å². The summed E-state index contributed by atoms with van der Waals surface area (Å²) < 4.78 is 5.46. The third kappa shape index (κ3) is 4.77. The van der Waals surface area contributed by atoms with Gasteiger partial charge in [-0.2, -0.15) is 0 Å². The van der Waals surface area contributed by atoms with E-state index in [9.17, 15) is 0 Å². The summed E-state index contributed by atoms with van der Waals surface area (Å²) in [6, 6.07) is 0. The van der Waals surface area contributed by atoms with Gasteiger partial charge in [0, 0.05) is 13.2 Å². The highest BCUT2D eigenvalue weighted by Crippen LogP contribution is 2.10. The molecule has 0 aromatic heterocycles. The largest absolute Gasteiger partial charge is 0.394 e. The number of aliphatic hydroxyl groups is 1. The van der Waals surface area contributed by atoms with Crippen molar-refractivity contribution >= 4 is 17.3 Å². The van der Waals surface area contributed by atoms with E-state index >= 15 is 0 Å². The number of aliphatic hydroxyl groups excluding tert-OH is 1. The minimum Gasteiger partial charge on any atom is -0.394 e. The van der Waals surface area contributed by atoms with Gasteiger partial charge in [-0.1, -0.05) is 0 Å².